The molecule has 1 fully saturated rings. The van der Waals surface area contributed by atoms with Gasteiger partial charge in [0.1, 0.15) is 0 Å². The molecular weight excluding hydrogens is 180 g/mol. The molecule has 1 saturated heterocycles. The number of carbonyl (C=O) groups excluding carboxylic acids is 2. The van der Waals surface area contributed by atoms with Gasteiger partial charge in [-0.15, -0.1) is 0 Å². The number of piperidine rings is 1. The highest BCUT2D eigenvalue weighted by atomic mass is 16.2. The van der Waals surface area contributed by atoms with Crippen LogP contribution in [-0.2, 0) is 9.59 Å². The quantitative estimate of drug-likeness (QED) is 0.666. The maximum absolute atomic E-state index is 11.5. The molecule has 0 spiro atoms. The summed E-state index contributed by atoms with van der Waals surface area (Å²) in [4.78, 5) is 24.4. The molecule has 80 valence electrons. The molecule has 0 aliphatic carbocycles. The van der Waals surface area contributed by atoms with Crippen molar-refractivity contribution in [2.75, 3.05) is 13.1 Å². The Bertz CT molecular complexity index is 222. The Balaban J connectivity index is 2.59. The number of nitrogens with two attached hydrogens (primary N) is 1. The van der Waals surface area contributed by atoms with Gasteiger partial charge in [-0.2, -0.15) is 0 Å². The molecule has 0 bridgehead atoms. The van der Waals surface area contributed by atoms with Gasteiger partial charge in [-0.1, -0.05) is 13.8 Å². The number of rotatable bonds is 3. The van der Waals surface area contributed by atoms with Gasteiger partial charge in [-0.3, -0.25) is 14.5 Å². The summed E-state index contributed by atoms with van der Waals surface area (Å²) in [6.45, 7) is 4.85. The number of nitrogens with zero attached hydrogens (tertiary/aromatic N) is 1. The summed E-state index contributed by atoms with van der Waals surface area (Å²) < 4.78 is 0. The van der Waals surface area contributed by atoms with Crippen LogP contribution < -0.4 is 5.73 Å². The highest BCUT2D eigenvalue weighted by molar-refractivity contribution is 5.97. The van der Waals surface area contributed by atoms with E-state index >= 15 is 0 Å². The Labute approximate surface area is 84.4 Å². The Kier molecular flexibility index (Phi) is 3.63. The first-order valence-corrected chi connectivity index (χ1v) is 5.07. The predicted molar refractivity (Wildman–Crippen MR) is 53.3 cm³/mol. The molecule has 0 aromatic rings. The Hall–Kier alpha value is -0.900. The number of imide groups is 1. The number of amides is 2. The SMILES string of the molecule is CC1CC(=O)N(CC(C)CN)C(=O)C1. The molecule has 14 heavy (non-hydrogen) atoms. The first kappa shape index (κ1) is 11.2. The van der Waals surface area contributed by atoms with Crippen molar-refractivity contribution in [3.63, 3.8) is 0 Å². The topological polar surface area (TPSA) is 63.4 Å². The van der Waals surface area contributed by atoms with E-state index < -0.39 is 0 Å². The minimum atomic E-state index is -0.0472. The largest absolute Gasteiger partial charge is 0.330 e. The van der Waals surface area contributed by atoms with E-state index in [2.05, 4.69) is 0 Å². The molecule has 2 N–H and O–H groups in total. The molecule has 2 amide bonds. The zero-order chi connectivity index (χ0) is 10.7. The molecule has 0 aromatic carbocycles. The standard InChI is InChI=1S/C10H18N2O2/c1-7-3-9(13)12(10(14)4-7)6-8(2)5-11/h7-8H,3-6,11H2,1-2H3. The summed E-state index contributed by atoms with van der Waals surface area (Å²) in [5.74, 6) is 0.291. The Morgan fingerprint density at radius 1 is 1.43 bits per heavy atom. The second-order valence-corrected chi connectivity index (χ2v) is 4.25. The second-order valence-electron chi connectivity index (χ2n) is 4.25. The fourth-order valence-electron chi connectivity index (χ4n) is 1.62. The Morgan fingerprint density at radius 3 is 2.36 bits per heavy atom. The number of hydrogen-bond acceptors (Lipinski definition) is 3. The molecule has 0 radical (unpaired) electrons. The summed E-state index contributed by atoms with van der Waals surface area (Å²) in [5.41, 5.74) is 5.46. The maximum atomic E-state index is 11.5. The van der Waals surface area contributed by atoms with Crippen LogP contribution in [0.4, 0.5) is 0 Å². The molecule has 1 rings (SSSR count). The van der Waals surface area contributed by atoms with Gasteiger partial charge in [0.05, 0.1) is 0 Å². The molecular formula is C10H18N2O2. The van der Waals surface area contributed by atoms with E-state index in [1.807, 2.05) is 13.8 Å². The Morgan fingerprint density at radius 2 is 1.93 bits per heavy atom. The van der Waals surface area contributed by atoms with Crippen LogP contribution in [0.1, 0.15) is 26.7 Å². The van der Waals surface area contributed by atoms with Crippen LogP contribution in [0.25, 0.3) is 0 Å². The van der Waals surface area contributed by atoms with Gasteiger partial charge >= 0.3 is 0 Å². The van der Waals surface area contributed by atoms with Crippen LogP contribution in [0.3, 0.4) is 0 Å². The zero-order valence-electron chi connectivity index (χ0n) is 8.82. The van der Waals surface area contributed by atoms with Crippen molar-refractivity contribution in [3.8, 4) is 0 Å². The number of hydrogen-bond donors (Lipinski definition) is 1. The van der Waals surface area contributed by atoms with Crippen molar-refractivity contribution < 1.29 is 9.59 Å². The van der Waals surface area contributed by atoms with Gasteiger partial charge in [0, 0.05) is 19.4 Å². The smallest absolute Gasteiger partial charge is 0.229 e. The first-order valence-electron chi connectivity index (χ1n) is 5.07. The normalized spacial score (nSPS) is 21.5. The third-order valence-electron chi connectivity index (χ3n) is 2.54. The summed E-state index contributed by atoms with van der Waals surface area (Å²) in [6.07, 6.45) is 0.978. The molecule has 1 atom stereocenters. The number of carbonyl (C=O) groups is 2. The van der Waals surface area contributed by atoms with Crippen LogP contribution in [0.2, 0.25) is 0 Å². The van der Waals surface area contributed by atoms with Crippen molar-refractivity contribution in [1.29, 1.82) is 0 Å². The molecule has 1 aliphatic rings. The lowest BCUT2D eigenvalue weighted by atomic mass is 9.97. The highest BCUT2D eigenvalue weighted by Gasteiger charge is 2.30. The van der Waals surface area contributed by atoms with Crippen LogP contribution in [0.5, 0.6) is 0 Å². The fourth-order valence-corrected chi connectivity index (χ4v) is 1.62. The lowest BCUT2D eigenvalue weighted by Gasteiger charge is -2.29. The van der Waals surface area contributed by atoms with Crippen molar-refractivity contribution in [1.82, 2.24) is 4.90 Å². The molecule has 4 heteroatoms. The van der Waals surface area contributed by atoms with Crippen LogP contribution >= 0.6 is 0 Å². The van der Waals surface area contributed by atoms with Gasteiger partial charge in [-0.05, 0) is 18.4 Å². The van der Waals surface area contributed by atoms with Crippen LogP contribution in [0, 0.1) is 11.8 Å². The highest BCUT2D eigenvalue weighted by Crippen LogP contribution is 2.19. The molecule has 0 aromatic heterocycles. The molecule has 1 unspecified atom stereocenters. The molecule has 0 saturated carbocycles. The monoisotopic (exact) mass is 198 g/mol. The summed E-state index contributed by atoms with van der Waals surface area (Å²) >= 11 is 0. The summed E-state index contributed by atoms with van der Waals surface area (Å²) in [6, 6.07) is 0. The molecule has 1 aliphatic heterocycles. The fraction of sp³-hybridized carbons (Fsp3) is 0.800. The van der Waals surface area contributed by atoms with E-state index in [1.54, 1.807) is 0 Å². The van der Waals surface area contributed by atoms with E-state index in [-0.39, 0.29) is 23.7 Å². The predicted octanol–water partition coefficient (Wildman–Crippen LogP) is 0.366. The van der Waals surface area contributed by atoms with Crippen molar-refractivity contribution in [2.45, 2.75) is 26.7 Å². The van der Waals surface area contributed by atoms with Gasteiger partial charge in [0.2, 0.25) is 11.8 Å². The zero-order valence-corrected chi connectivity index (χ0v) is 8.82. The van der Waals surface area contributed by atoms with Gasteiger partial charge in [0.25, 0.3) is 0 Å². The summed E-state index contributed by atoms with van der Waals surface area (Å²) in [5, 5.41) is 0. The molecule has 4 nitrogen and oxygen atoms in total. The van der Waals surface area contributed by atoms with E-state index in [4.69, 9.17) is 5.73 Å². The van der Waals surface area contributed by atoms with Crippen LogP contribution in [0.15, 0.2) is 0 Å². The van der Waals surface area contributed by atoms with Crippen molar-refractivity contribution >= 4 is 11.8 Å². The first-order chi connectivity index (χ1) is 6.54. The summed E-state index contributed by atoms with van der Waals surface area (Å²) in [7, 11) is 0. The van der Waals surface area contributed by atoms with Crippen molar-refractivity contribution in [3.05, 3.63) is 0 Å². The number of likely N-dealkylation sites (tertiary alicyclic amines) is 1. The van der Waals surface area contributed by atoms with Gasteiger partial charge in [0.15, 0.2) is 0 Å². The van der Waals surface area contributed by atoms with E-state index in [9.17, 15) is 9.59 Å². The molecule has 1 heterocycles. The van der Waals surface area contributed by atoms with Gasteiger partial charge < -0.3 is 5.73 Å². The average molecular weight is 198 g/mol. The van der Waals surface area contributed by atoms with E-state index in [0.29, 0.717) is 25.9 Å². The van der Waals surface area contributed by atoms with Crippen LogP contribution in [-0.4, -0.2) is 29.8 Å². The van der Waals surface area contributed by atoms with E-state index in [0.717, 1.165) is 0 Å². The third kappa shape index (κ3) is 2.54. The lowest BCUT2D eigenvalue weighted by molar-refractivity contribution is -0.150. The average Bonchev–Trinajstić information content (AvgIpc) is 2.10. The minimum absolute atomic E-state index is 0.0472. The second kappa shape index (κ2) is 4.55. The van der Waals surface area contributed by atoms with Gasteiger partial charge in [-0.25, -0.2) is 0 Å². The third-order valence-corrected chi connectivity index (χ3v) is 2.54. The maximum Gasteiger partial charge on any atom is 0.229 e. The van der Waals surface area contributed by atoms with E-state index in [1.165, 1.54) is 4.90 Å². The minimum Gasteiger partial charge on any atom is -0.330 e. The van der Waals surface area contributed by atoms with Crippen molar-refractivity contribution in [2.24, 2.45) is 17.6 Å². The lowest BCUT2D eigenvalue weighted by Crippen LogP contribution is -2.45.